The molecule has 0 heterocycles. The van der Waals surface area contributed by atoms with E-state index in [4.69, 9.17) is 10.5 Å². The number of ether oxygens (including phenoxy) is 1. The van der Waals surface area contributed by atoms with Crippen LogP contribution >= 0.6 is 0 Å². The zero-order chi connectivity index (χ0) is 14.4. The fourth-order valence-electron chi connectivity index (χ4n) is 1.37. The van der Waals surface area contributed by atoms with Crippen molar-refractivity contribution in [2.45, 2.75) is 0 Å². The number of carbonyl (C=O) groups excluding carboxylic acids is 2. The van der Waals surface area contributed by atoms with Crippen LogP contribution in [0, 0.1) is 5.82 Å². The molecule has 1 aromatic rings. The molecule has 3 N–H and O–H groups in total. The largest absolute Gasteiger partial charge is 0.494 e. The fraction of sp³-hybridized carbons (Fsp3) is 0.333. The van der Waals surface area contributed by atoms with E-state index in [9.17, 15) is 14.0 Å². The number of halogens is 1. The maximum absolute atomic E-state index is 13.5. The molecule has 0 saturated heterocycles. The summed E-state index contributed by atoms with van der Waals surface area (Å²) in [7, 11) is 2.84. The number of likely N-dealkylation sites (N-methyl/N-ethyl adjacent to an activating group) is 1. The first-order valence-corrected chi connectivity index (χ1v) is 5.56. The number of methoxy groups -OCH3 is 1. The number of amides is 2. The number of hydrogen-bond donors (Lipinski definition) is 2. The van der Waals surface area contributed by atoms with E-state index in [2.05, 4.69) is 5.32 Å². The molecule has 0 aliphatic rings. The van der Waals surface area contributed by atoms with Crippen molar-refractivity contribution in [3.8, 4) is 5.75 Å². The maximum atomic E-state index is 13.5. The number of carbonyl (C=O) groups is 2. The predicted octanol–water partition coefficient (Wildman–Crippen LogP) is -0.128. The zero-order valence-corrected chi connectivity index (χ0v) is 10.8. The normalized spacial score (nSPS) is 9.89. The average molecular weight is 269 g/mol. The van der Waals surface area contributed by atoms with Crippen molar-refractivity contribution in [2.75, 3.05) is 32.1 Å². The van der Waals surface area contributed by atoms with Gasteiger partial charge in [0, 0.05) is 18.8 Å². The topological polar surface area (TPSA) is 84.7 Å². The summed E-state index contributed by atoms with van der Waals surface area (Å²) in [6.07, 6.45) is 0. The summed E-state index contributed by atoms with van der Waals surface area (Å²) in [4.78, 5) is 23.9. The average Bonchev–Trinajstić information content (AvgIpc) is 2.43. The number of nitrogens with two attached hydrogens (primary N) is 1. The second-order valence-corrected chi connectivity index (χ2v) is 3.75. The minimum atomic E-state index is -0.564. The summed E-state index contributed by atoms with van der Waals surface area (Å²) in [6.45, 7) is -0.381. The maximum Gasteiger partial charge on any atom is 0.246 e. The Hall–Kier alpha value is -2.15. The Kier molecular flexibility index (Phi) is 5.25. The molecule has 0 spiro atoms. The highest BCUT2D eigenvalue weighted by molar-refractivity contribution is 5.96. The molecule has 0 radical (unpaired) electrons. The summed E-state index contributed by atoms with van der Waals surface area (Å²) in [5.41, 5.74) is 5.46. The van der Waals surface area contributed by atoms with Crippen molar-refractivity contribution >= 4 is 17.5 Å². The number of anilines is 1. The number of hydrogen-bond acceptors (Lipinski definition) is 4. The second-order valence-electron chi connectivity index (χ2n) is 3.75. The Bertz CT molecular complexity index is 479. The molecule has 0 saturated carbocycles. The molecular weight excluding hydrogens is 253 g/mol. The van der Waals surface area contributed by atoms with Crippen LogP contribution in [-0.2, 0) is 9.59 Å². The molecule has 0 aliphatic heterocycles. The quantitative estimate of drug-likeness (QED) is 0.780. The Balaban J connectivity index is 2.71. The van der Waals surface area contributed by atoms with Gasteiger partial charge >= 0.3 is 0 Å². The molecule has 0 aromatic heterocycles. The molecule has 0 atom stereocenters. The third-order valence-corrected chi connectivity index (χ3v) is 2.52. The van der Waals surface area contributed by atoms with Gasteiger partial charge in [0.2, 0.25) is 11.8 Å². The minimum absolute atomic E-state index is 0.0982. The Labute approximate surface area is 110 Å². The van der Waals surface area contributed by atoms with E-state index in [1.165, 1.54) is 31.2 Å². The summed E-state index contributed by atoms with van der Waals surface area (Å²) in [6, 6.07) is 4.15. The Morgan fingerprint density at radius 2 is 2.16 bits per heavy atom. The Morgan fingerprint density at radius 1 is 1.47 bits per heavy atom. The number of nitrogens with zero attached hydrogens (tertiary/aromatic N) is 1. The third-order valence-electron chi connectivity index (χ3n) is 2.52. The van der Waals surface area contributed by atoms with E-state index in [0.29, 0.717) is 5.69 Å². The molecule has 1 aromatic carbocycles. The van der Waals surface area contributed by atoms with Crippen LogP contribution < -0.4 is 20.7 Å². The highest BCUT2D eigenvalue weighted by atomic mass is 19.1. The van der Waals surface area contributed by atoms with Crippen molar-refractivity contribution in [1.82, 2.24) is 5.32 Å². The van der Waals surface area contributed by atoms with Gasteiger partial charge in [-0.2, -0.15) is 0 Å². The van der Waals surface area contributed by atoms with Crippen LogP contribution in [0.1, 0.15) is 0 Å². The van der Waals surface area contributed by atoms with E-state index in [0.717, 1.165) is 0 Å². The van der Waals surface area contributed by atoms with Gasteiger partial charge in [-0.25, -0.2) is 4.39 Å². The molecule has 19 heavy (non-hydrogen) atoms. The van der Waals surface area contributed by atoms with Gasteiger partial charge in [0.1, 0.15) is 0 Å². The van der Waals surface area contributed by atoms with E-state index >= 15 is 0 Å². The highest BCUT2D eigenvalue weighted by Gasteiger charge is 2.13. The monoisotopic (exact) mass is 269 g/mol. The lowest BCUT2D eigenvalue weighted by Gasteiger charge is -2.18. The van der Waals surface area contributed by atoms with Gasteiger partial charge < -0.3 is 20.7 Å². The van der Waals surface area contributed by atoms with Gasteiger partial charge in [0.15, 0.2) is 11.6 Å². The van der Waals surface area contributed by atoms with E-state index in [1.54, 1.807) is 6.07 Å². The second kappa shape index (κ2) is 6.69. The van der Waals surface area contributed by atoms with Gasteiger partial charge in [-0.1, -0.05) is 0 Å². The summed E-state index contributed by atoms with van der Waals surface area (Å²) < 4.78 is 18.3. The van der Waals surface area contributed by atoms with Gasteiger partial charge in [-0.15, -0.1) is 0 Å². The van der Waals surface area contributed by atoms with Crippen LogP contribution in [0.2, 0.25) is 0 Å². The van der Waals surface area contributed by atoms with Crippen molar-refractivity contribution < 1.29 is 18.7 Å². The molecule has 0 bridgehead atoms. The van der Waals surface area contributed by atoms with Crippen LogP contribution in [0.5, 0.6) is 5.75 Å². The van der Waals surface area contributed by atoms with E-state index < -0.39 is 11.7 Å². The molecular formula is C12H16FN3O3. The van der Waals surface area contributed by atoms with Gasteiger partial charge in [-0.05, 0) is 12.1 Å². The summed E-state index contributed by atoms with van der Waals surface area (Å²) >= 11 is 0. The molecule has 2 amide bonds. The lowest BCUT2D eigenvalue weighted by molar-refractivity contribution is -0.124. The van der Waals surface area contributed by atoms with Crippen LogP contribution in [0.15, 0.2) is 18.2 Å². The standard InChI is InChI=1S/C12H16FN3O3/c1-16(12(18)7-15-11(17)6-14)8-3-4-10(19-2)9(13)5-8/h3-5H,6-7,14H2,1-2H3,(H,15,17). The molecule has 0 unspecified atom stereocenters. The van der Waals surface area contributed by atoms with Crippen LogP contribution in [0.25, 0.3) is 0 Å². The smallest absolute Gasteiger partial charge is 0.246 e. The molecule has 104 valence electrons. The van der Waals surface area contributed by atoms with E-state index in [-0.39, 0.29) is 24.7 Å². The number of nitrogens with one attached hydrogen (secondary N) is 1. The molecule has 0 aliphatic carbocycles. The van der Waals surface area contributed by atoms with Crippen LogP contribution in [-0.4, -0.2) is 39.1 Å². The van der Waals surface area contributed by atoms with E-state index in [1.807, 2.05) is 0 Å². The first kappa shape index (κ1) is 14.9. The molecule has 7 heteroatoms. The van der Waals surface area contributed by atoms with Crippen LogP contribution in [0.4, 0.5) is 10.1 Å². The van der Waals surface area contributed by atoms with Crippen molar-refractivity contribution in [3.63, 3.8) is 0 Å². The SMILES string of the molecule is COc1ccc(N(C)C(=O)CNC(=O)CN)cc1F. The van der Waals surface area contributed by atoms with Gasteiger partial charge in [-0.3, -0.25) is 9.59 Å². The summed E-state index contributed by atoms with van der Waals surface area (Å²) in [5, 5.41) is 2.35. The highest BCUT2D eigenvalue weighted by Crippen LogP contribution is 2.22. The fourth-order valence-corrected chi connectivity index (χ4v) is 1.37. The van der Waals surface area contributed by atoms with Crippen molar-refractivity contribution in [3.05, 3.63) is 24.0 Å². The van der Waals surface area contributed by atoms with Crippen molar-refractivity contribution in [1.29, 1.82) is 0 Å². The van der Waals surface area contributed by atoms with Crippen LogP contribution in [0.3, 0.4) is 0 Å². The third kappa shape index (κ3) is 3.92. The van der Waals surface area contributed by atoms with Gasteiger partial charge in [0.25, 0.3) is 0 Å². The molecule has 0 fully saturated rings. The first-order valence-electron chi connectivity index (χ1n) is 5.56. The molecule has 1 rings (SSSR count). The minimum Gasteiger partial charge on any atom is -0.494 e. The number of rotatable bonds is 5. The molecule has 6 nitrogen and oxygen atoms in total. The van der Waals surface area contributed by atoms with Crippen molar-refractivity contribution in [2.24, 2.45) is 5.73 Å². The summed E-state index contributed by atoms with van der Waals surface area (Å²) in [5.74, 6) is -1.28. The lowest BCUT2D eigenvalue weighted by Crippen LogP contribution is -2.40. The first-order chi connectivity index (χ1) is 8.99. The van der Waals surface area contributed by atoms with Gasteiger partial charge in [0.05, 0.1) is 20.2 Å². The lowest BCUT2D eigenvalue weighted by atomic mass is 10.2. The number of benzene rings is 1. The zero-order valence-electron chi connectivity index (χ0n) is 10.8. The Morgan fingerprint density at radius 3 is 2.68 bits per heavy atom. The predicted molar refractivity (Wildman–Crippen MR) is 68.4 cm³/mol.